The fraction of sp³-hybridized carbons (Fsp3) is 0.200. The normalized spacial score (nSPS) is 12.7. The van der Waals surface area contributed by atoms with Gasteiger partial charge in [-0.1, -0.05) is 11.6 Å². The van der Waals surface area contributed by atoms with Gasteiger partial charge in [0, 0.05) is 41.8 Å². The van der Waals surface area contributed by atoms with Gasteiger partial charge in [-0.05, 0) is 18.2 Å². The Kier molecular flexibility index (Phi) is 6.52. The van der Waals surface area contributed by atoms with Gasteiger partial charge in [-0.25, -0.2) is 9.36 Å². The molecule has 0 fully saturated rings. The van der Waals surface area contributed by atoms with E-state index in [0.29, 0.717) is 10.4 Å². The van der Waals surface area contributed by atoms with Crippen LogP contribution in [0.1, 0.15) is 21.6 Å². The number of pyridine rings is 1. The van der Waals surface area contributed by atoms with Crippen LogP contribution in [-0.2, 0) is 19.1 Å². The zero-order valence-corrected chi connectivity index (χ0v) is 19.6. The molecule has 0 aromatic carbocycles. The molecule has 0 aliphatic carbocycles. The highest BCUT2D eigenvalue weighted by molar-refractivity contribution is 7.19. The van der Waals surface area contributed by atoms with Crippen LogP contribution in [0.4, 0.5) is 40.8 Å². The first-order chi connectivity index (χ1) is 17.1. The van der Waals surface area contributed by atoms with Gasteiger partial charge >= 0.3 is 18.3 Å². The van der Waals surface area contributed by atoms with Gasteiger partial charge in [0.1, 0.15) is 9.90 Å². The summed E-state index contributed by atoms with van der Waals surface area (Å²) in [6.07, 6.45) is -7.10. The van der Waals surface area contributed by atoms with Crippen LogP contribution in [0.25, 0.3) is 16.3 Å². The molecule has 0 aliphatic rings. The van der Waals surface area contributed by atoms with Gasteiger partial charge in [-0.15, -0.1) is 11.3 Å². The molecule has 37 heavy (non-hydrogen) atoms. The summed E-state index contributed by atoms with van der Waals surface area (Å²) in [6.45, 7) is 0. The maximum Gasteiger partial charge on any atom is 0.459 e. The number of carbonyl (C=O) groups is 1. The molecule has 0 bridgehead atoms. The van der Waals surface area contributed by atoms with Crippen molar-refractivity contribution in [1.82, 2.24) is 24.5 Å². The van der Waals surface area contributed by atoms with E-state index >= 15 is 0 Å². The number of halogens is 9. The van der Waals surface area contributed by atoms with Crippen molar-refractivity contribution in [2.75, 3.05) is 5.32 Å². The summed E-state index contributed by atoms with van der Waals surface area (Å²) in [6, 6.07) is 4.36. The van der Waals surface area contributed by atoms with Gasteiger partial charge in [-0.3, -0.25) is 9.78 Å². The second-order valence-corrected chi connectivity index (χ2v) is 9.06. The maximum atomic E-state index is 13.9. The molecule has 0 unspecified atom stereocenters. The molecule has 0 aliphatic heterocycles. The SMILES string of the molecule is Cn1nc(C(F)(F)C(F)(F)F)c(C(F)(F)F)c1-n1cc(-c2cc(C(=O)Nc3ccncc3)c(Cl)s2)cn1. The molecular weight excluding hydrogens is 560 g/mol. The third-order valence-electron chi connectivity index (χ3n) is 4.91. The van der Waals surface area contributed by atoms with E-state index in [2.05, 4.69) is 20.5 Å². The standard InChI is InChI=1S/C20H11ClF8N6OS/c1-34-17(13(19(24,25)26)14(33-34)18(22,23)20(27,28)29)35-8-9(7-31-35)12-6-11(15(21)37-12)16(36)32-10-2-4-30-5-3-10/h2-8H,1H3,(H,30,32,36). The fourth-order valence-corrected chi connectivity index (χ4v) is 4.50. The number of carbonyl (C=O) groups excluding carboxylic acids is 1. The molecule has 7 nitrogen and oxygen atoms in total. The third kappa shape index (κ3) is 4.90. The lowest BCUT2D eigenvalue weighted by Gasteiger charge is -2.19. The van der Waals surface area contributed by atoms with E-state index in [1.165, 1.54) is 30.6 Å². The number of anilines is 1. The lowest BCUT2D eigenvalue weighted by Crippen LogP contribution is -2.36. The number of nitrogens with one attached hydrogen (secondary N) is 1. The number of hydrogen-bond acceptors (Lipinski definition) is 5. The Hall–Kier alpha value is -3.53. The number of amides is 1. The molecule has 0 spiro atoms. The molecule has 1 N–H and O–H groups in total. The van der Waals surface area contributed by atoms with E-state index in [1.807, 2.05) is 0 Å². The zero-order chi connectivity index (χ0) is 27.3. The lowest BCUT2D eigenvalue weighted by molar-refractivity contribution is -0.292. The van der Waals surface area contributed by atoms with Crippen LogP contribution < -0.4 is 5.32 Å². The molecule has 4 heterocycles. The van der Waals surface area contributed by atoms with Crippen LogP contribution in [0.3, 0.4) is 0 Å². The summed E-state index contributed by atoms with van der Waals surface area (Å²) < 4.78 is 108. The Balaban J connectivity index is 1.73. The van der Waals surface area contributed by atoms with Crippen LogP contribution in [0, 0.1) is 0 Å². The first-order valence-electron chi connectivity index (χ1n) is 9.76. The molecule has 0 atom stereocenters. The molecule has 17 heteroatoms. The van der Waals surface area contributed by atoms with Gasteiger partial charge in [0.2, 0.25) is 0 Å². The Morgan fingerprint density at radius 3 is 2.32 bits per heavy atom. The summed E-state index contributed by atoms with van der Waals surface area (Å²) in [5, 5.41) is 9.12. The second-order valence-electron chi connectivity index (χ2n) is 7.40. The number of aromatic nitrogens is 5. The van der Waals surface area contributed by atoms with Crippen LogP contribution >= 0.6 is 22.9 Å². The molecular formula is C20H11ClF8N6OS. The number of nitrogens with zero attached hydrogens (tertiary/aromatic N) is 5. The predicted molar refractivity (Wildman–Crippen MR) is 116 cm³/mol. The van der Waals surface area contributed by atoms with Gasteiger partial charge < -0.3 is 5.32 Å². The van der Waals surface area contributed by atoms with Crippen LogP contribution in [0.2, 0.25) is 4.34 Å². The highest BCUT2D eigenvalue weighted by Gasteiger charge is 2.64. The minimum atomic E-state index is -6.32. The van der Waals surface area contributed by atoms with Gasteiger partial charge in [-0.2, -0.15) is 45.3 Å². The van der Waals surface area contributed by atoms with Crippen LogP contribution in [0.15, 0.2) is 43.0 Å². The van der Waals surface area contributed by atoms with E-state index in [0.717, 1.165) is 30.8 Å². The molecule has 0 saturated heterocycles. The smallest absolute Gasteiger partial charge is 0.322 e. The van der Waals surface area contributed by atoms with Crippen molar-refractivity contribution in [3.8, 4) is 16.3 Å². The zero-order valence-electron chi connectivity index (χ0n) is 18.0. The van der Waals surface area contributed by atoms with Gasteiger partial charge in [0.05, 0.1) is 11.8 Å². The monoisotopic (exact) mass is 570 g/mol. The van der Waals surface area contributed by atoms with Crippen molar-refractivity contribution < 1.29 is 39.9 Å². The molecule has 196 valence electrons. The molecule has 0 saturated carbocycles. The van der Waals surface area contributed by atoms with E-state index in [-0.39, 0.29) is 25.0 Å². The maximum absolute atomic E-state index is 13.9. The first kappa shape index (κ1) is 26.5. The van der Waals surface area contributed by atoms with Crippen molar-refractivity contribution in [1.29, 1.82) is 0 Å². The Morgan fingerprint density at radius 1 is 1.08 bits per heavy atom. The Labute approximate surface area is 210 Å². The predicted octanol–water partition coefficient (Wildman–Crippen LogP) is 6.31. The largest absolute Gasteiger partial charge is 0.459 e. The minimum absolute atomic E-state index is 0.0230. The van der Waals surface area contributed by atoms with E-state index in [1.54, 1.807) is 0 Å². The third-order valence-corrected chi connectivity index (χ3v) is 6.32. The average Bonchev–Trinajstić information content (AvgIpc) is 3.49. The summed E-state index contributed by atoms with van der Waals surface area (Å²) in [4.78, 5) is 16.6. The van der Waals surface area contributed by atoms with E-state index in [4.69, 9.17) is 11.6 Å². The van der Waals surface area contributed by atoms with Gasteiger partial charge in [0.15, 0.2) is 11.5 Å². The molecule has 0 radical (unpaired) electrons. The molecule has 4 rings (SSSR count). The number of aryl methyl sites for hydroxylation is 1. The van der Waals surface area contributed by atoms with Crippen molar-refractivity contribution >= 4 is 34.5 Å². The number of alkyl halides is 8. The lowest BCUT2D eigenvalue weighted by atomic mass is 10.1. The number of thiophene rings is 1. The van der Waals surface area contributed by atoms with E-state index in [9.17, 15) is 39.9 Å². The van der Waals surface area contributed by atoms with Crippen molar-refractivity contribution in [2.24, 2.45) is 7.05 Å². The Morgan fingerprint density at radius 2 is 1.73 bits per heavy atom. The van der Waals surface area contributed by atoms with Crippen LogP contribution in [0.5, 0.6) is 0 Å². The quantitative estimate of drug-likeness (QED) is 0.285. The summed E-state index contributed by atoms with van der Waals surface area (Å²) in [5.41, 5.74) is -4.26. The van der Waals surface area contributed by atoms with Gasteiger partial charge in [0.25, 0.3) is 5.91 Å². The average molecular weight is 571 g/mol. The Bertz CT molecular complexity index is 1460. The second kappa shape index (κ2) is 9.09. The topological polar surface area (TPSA) is 77.6 Å². The van der Waals surface area contributed by atoms with Crippen molar-refractivity contribution in [3.63, 3.8) is 0 Å². The number of hydrogen-bond donors (Lipinski definition) is 1. The van der Waals surface area contributed by atoms with Crippen molar-refractivity contribution in [3.05, 3.63) is 64.1 Å². The number of rotatable bonds is 5. The van der Waals surface area contributed by atoms with Crippen molar-refractivity contribution in [2.45, 2.75) is 18.3 Å². The molecule has 4 aromatic heterocycles. The summed E-state index contributed by atoms with van der Waals surface area (Å²) in [5.74, 6) is -7.66. The fourth-order valence-electron chi connectivity index (χ4n) is 3.26. The molecule has 1 amide bonds. The van der Waals surface area contributed by atoms with E-state index < -0.39 is 41.3 Å². The summed E-state index contributed by atoms with van der Waals surface area (Å²) in [7, 11) is 0.769. The highest BCUT2D eigenvalue weighted by atomic mass is 35.5. The van der Waals surface area contributed by atoms with Crippen LogP contribution in [-0.4, -0.2) is 36.6 Å². The minimum Gasteiger partial charge on any atom is -0.322 e. The molecule has 4 aromatic rings. The first-order valence-corrected chi connectivity index (χ1v) is 11.0. The summed E-state index contributed by atoms with van der Waals surface area (Å²) >= 11 is 7.02. The highest BCUT2D eigenvalue weighted by Crippen LogP contribution is 2.49.